The minimum atomic E-state index is 0.00290. The number of benzene rings is 1. The second kappa shape index (κ2) is 7.11. The van der Waals surface area contributed by atoms with Gasteiger partial charge in [0.25, 0.3) is 0 Å². The number of hydrogen-bond donors (Lipinski definition) is 2. The molecule has 21 heavy (non-hydrogen) atoms. The fourth-order valence-electron chi connectivity index (χ4n) is 2.65. The highest BCUT2D eigenvalue weighted by Gasteiger charge is 2.22. The number of nitrogens with zero attached hydrogens (tertiary/aromatic N) is 1. The second-order valence-electron chi connectivity index (χ2n) is 5.60. The molecule has 1 heterocycles. The zero-order chi connectivity index (χ0) is 15.2. The number of amides is 2. The third-order valence-electron chi connectivity index (χ3n) is 3.86. The van der Waals surface area contributed by atoms with Crippen molar-refractivity contribution in [3.8, 4) is 0 Å². The summed E-state index contributed by atoms with van der Waals surface area (Å²) < 4.78 is 0. The summed E-state index contributed by atoms with van der Waals surface area (Å²) >= 11 is 0. The van der Waals surface area contributed by atoms with Crippen LogP contribution >= 0.6 is 0 Å². The molecule has 114 valence electrons. The normalized spacial score (nSPS) is 15.8. The molecule has 1 aromatic carbocycles. The van der Waals surface area contributed by atoms with Crippen molar-refractivity contribution < 1.29 is 9.59 Å². The number of carbonyl (C=O) groups excluding carboxylic acids is 2. The molecular weight excluding hydrogens is 266 g/mol. The lowest BCUT2D eigenvalue weighted by Gasteiger charge is -2.32. The average molecular weight is 289 g/mol. The third kappa shape index (κ3) is 4.77. The molecule has 1 fully saturated rings. The van der Waals surface area contributed by atoms with E-state index >= 15 is 0 Å². The first kappa shape index (κ1) is 15.4. The van der Waals surface area contributed by atoms with Gasteiger partial charge in [0, 0.05) is 38.2 Å². The standard InChI is InChI=1S/C16H23N3O2/c1-12(20)18-15-8-10-19(11-9-15)16(21)7-4-13-2-5-14(17)6-3-13/h2-3,5-6,15H,4,7-11,17H2,1H3,(H,18,20). The molecule has 0 aromatic heterocycles. The Bertz CT molecular complexity index is 491. The van der Waals surface area contributed by atoms with Crippen LogP contribution in [0.15, 0.2) is 24.3 Å². The van der Waals surface area contributed by atoms with Crippen LogP contribution < -0.4 is 11.1 Å². The van der Waals surface area contributed by atoms with E-state index < -0.39 is 0 Å². The number of carbonyl (C=O) groups is 2. The van der Waals surface area contributed by atoms with Gasteiger partial charge in [-0.1, -0.05) is 12.1 Å². The van der Waals surface area contributed by atoms with Crippen molar-refractivity contribution >= 4 is 17.5 Å². The molecule has 1 aliphatic heterocycles. The SMILES string of the molecule is CC(=O)NC1CCN(C(=O)CCc2ccc(N)cc2)CC1. The predicted octanol–water partition coefficient (Wildman–Crippen LogP) is 1.33. The van der Waals surface area contributed by atoms with Crippen LogP contribution in [0.25, 0.3) is 0 Å². The highest BCUT2D eigenvalue weighted by atomic mass is 16.2. The van der Waals surface area contributed by atoms with Crippen LogP contribution in [0.4, 0.5) is 5.69 Å². The van der Waals surface area contributed by atoms with Gasteiger partial charge in [-0.25, -0.2) is 0 Å². The van der Waals surface area contributed by atoms with Crippen LogP contribution in [-0.4, -0.2) is 35.8 Å². The number of aryl methyl sites for hydroxylation is 1. The van der Waals surface area contributed by atoms with E-state index in [-0.39, 0.29) is 17.9 Å². The Balaban J connectivity index is 1.74. The number of nitrogens with one attached hydrogen (secondary N) is 1. The summed E-state index contributed by atoms with van der Waals surface area (Å²) in [5.74, 6) is 0.191. The highest BCUT2D eigenvalue weighted by molar-refractivity contribution is 5.76. The Morgan fingerprint density at radius 2 is 1.86 bits per heavy atom. The quantitative estimate of drug-likeness (QED) is 0.821. The van der Waals surface area contributed by atoms with Gasteiger partial charge >= 0.3 is 0 Å². The van der Waals surface area contributed by atoms with Crippen LogP contribution in [0.1, 0.15) is 31.7 Å². The van der Waals surface area contributed by atoms with E-state index in [4.69, 9.17) is 5.73 Å². The summed E-state index contributed by atoms with van der Waals surface area (Å²) in [6.45, 7) is 2.99. The maximum absolute atomic E-state index is 12.2. The van der Waals surface area contributed by atoms with E-state index in [1.165, 1.54) is 6.92 Å². The van der Waals surface area contributed by atoms with Gasteiger partial charge in [0.05, 0.1) is 0 Å². The van der Waals surface area contributed by atoms with Crippen molar-refractivity contribution in [1.82, 2.24) is 10.2 Å². The van der Waals surface area contributed by atoms with Gasteiger partial charge in [0.1, 0.15) is 0 Å². The molecule has 3 N–H and O–H groups in total. The van der Waals surface area contributed by atoms with Crippen LogP contribution in [-0.2, 0) is 16.0 Å². The van der Waals surface area contributed by atoms with E-state index in [1.807, 2.05) is 29.2 Å². The van der Waals surface area contributed by atoms with Crippen molar-refractivity contribution in [3.63, 3.8) is 0 Å². The van der Waals surface area contributed by atoms with Gasteiger partial charge in [0.2, 0.25) is 11.8 Å². The molecule has 1 saturated heterocycles. The molecular formula is C16H23N3O2. The Kier molecular flexibility index (Phi) is 5.20. The number of piperidine rings is 1. The summed E-state index contributed by atoms with van der Waals surface area (Å²) in [5, 5.41) is 2.92. The number of likely N-dealkylation sites (tertiary alicyclic amines) is 1. The number of nitrogens with two attached hydrogens (primary N) is 1. The van der Waals surface area contributed by atoms with E-state index in [0.29, 0.717) is 6.42 Å². The van der Waals surface area contributed by atoms with Crippen LogP contribution in [0.3, 0.4) is 0 Å². The molecule has 0 radical (unpaired) electrons. The first-order chi connectivity index (χ1) is 10.0. The zero-order valence-electron chi connectivity index (χ0n) is 12.5. The zero-order valence-corrected chi connectivity index (χ0v) is 12.5. The van der Waals surface area contributed by atoms with Crippen molar-refractivity contribution in [2.45, 2.75) is 38.6 Å². The maximum Gasteiger partial charge on any atom is 0.222 e. The molecule has 2 rings (SSSR count). The van der Waals surface area contributed by atoms with Crippen molar-refractivity contribution in [3.05, 3.63) is 29.8 Å². The van der Waals surface area contributed by atoms with Crippen LogP contribution in [0.2, 0.25) is 0 Å². The molecule has 1 aliphatic rings. The monoisotopic (exact) mass is 289 g/mol. The molecule has 5 nitrogen and oxygen atoms in total. The summed E-state index contributed by atoms with van der Waals surface area (Å²) in [4.78, 5) is 25.1. The minimum absolute atomic E-state index is 0.00290. The fraction of sp³-hybridized carbons (Fsp3) is 0.500. The smallest absolute Gasteiger partial charge is 0.222 e. The van der Waals surface area contributed by atoms with E-state index in [1.54, 1.807) is 0 Å². The fourth-order valence-corrected chi connectivity index (χ4v) is 2.65. The van der Waals surface area contributed by atoms with Gasteiger partial charge in [0.15, 0.2) is 0 Å². The van der Waals surface area contributed by atoms with Gasteiger partial charge in [-0.05, 0) is 37.0 Å². The molecule has 0 unspecified atom stereocenters. The second-order valence-corrected chi connectivity index (χ2v) is 5.60. The first-order valence-corrected chi connectivity index (χ1v) is 7.44. The number of hydrogen-bond acceptors (Lipinski definition) is 3. The van der Waals surface area contributed by atoms with E-state index in [9.17, 15) is 9.59 Å². The Morgan fingerprint density at radius 3 is 2.43 bits per heavy atom. The molecule has 0 bridgehead atoms. The predicted molar refractivity (Wildman–Crippen MR) is 82.6 cm³/mol. The molecule has 0 aliphatic carbocycles. The number of rotatable bonds is 4. The maximum atomic E-state index is 12.2. The highest BCUT2D eigenvalue weighted by Crippen LogP contribution is 2.13. The Morgan fingerprint density at radius 1 is 1.24 bits per heavy atom. The molecule has 5 heteroatoms. The van der Waals surface area contributed by atoms with E-state index in [2.05, 4.69) is 5.32 Å². The van der Waals surface area contributed by atoms with Crippen molar-refractivity contribution in [1.29, 1.82) is 0 Å². The lowest BCUT2D eigenvalue weighted by atomic mass is 10.0. The number of anilines is 1. The summed E-state index contributed by atoms with van der Waals surface area (Å²) in [6, 6.07) is 7.86. The van der Waals surface area contributed by atoms with Crippen LogP contribution in [0, 0.1) is 0 Å². The van der Waals surface area contributed by atoms with Crippen LogP contribution in [0.5, 0.6) is 0 Å². The topological polar surface area (TPSA) is 75.4 Å². The molecule has 0 atom stereocenters. The average Bonchev–Trinajstić information content (AvgIpc) is 2.46. The Hall–Kier alpha value is -2.04. The van der Waals surface area contributed by atoms with Gasteiger partial charge in [-0.15, -0.1) is 0 Å². The lowest BCUT2D eigenvalue weighted by molar-refractivity contribution is -0.132. The summed E-state index contributed by atoms with van der Waals surface area (Å²) in [5.41, 5.74) is 7.51. The lowest BCUT2D eigenvalue weighted by Crippen LogP contribution is -2.46. The number of nitrogen functional groups attached to an aromatic ring is 1. The minimum Gasteiger partial charge on any atom is -0.399 e. The Labute approximate surface area is 125 Å². The van der Waals surface area contributed by atoms with Gasteiger partial charge in [-0.3, -0.25) is 9.59 Å². The molecule has 1 aromatic rings. The summed E-state index contributed by atoms with van der Waals surface area (Å²) in [7, 11) is 0. The van der Waals surface area contributed by atoms with Gasteiger partial charge < -0.3 is 16.0 Å². The first-order valence-electron chi connectivity index (χ1n) is 7.44. The summed E-state index contributed by atoms with van der Waals surface area (Å²) in [6.07, 6.45) is 2.94. The molecule has 0 spiro atoms. The van der Waals surface area contributed by atoms with E-state index in [0.717, 1.165) is 43.6 Å². The van der Waals surface area contributed by atoms with Crippen molar-refractivity contribution in [2.24, 2.45) is 0 Å². The third-order valence-corrected chi connectivity index (χ3v) is 3.86. The molecule has 2 amide bonds. The van der Waals surface area contributed by atoms with Gasteiger partial charge in [-0.2, -0.15) is 0 Å². The largest absolute Gasteiger partial charge is 0.399 e. The van der Waals surface area contributed by atoms with Crippen molar-refractivity contribution in [2.75, 3.05) is 18.8 Å². The molecule has 0 saturated carbocycles.